The zero-order valence-electron chi connectivity index (χ0n) is 20.3. The Balaban J connectivity index is 1.30. The molecular formula is C24H28N6O4S2. The molecule has 2 amide bonds. The van der Waals surface area contributed by atoms with Crippen molar-refractivity contribution in [3.63, 3.8) is 0 Å². The number of amides is 2. The first-order valence-corrected chi connectivity index (χ1v) is 13.4. The quantitative estimate of drug-likeness (QED) is 0.430. The molecular weight excluding hydrogens is 500 g/mol. The van der Waals surface area contributed by atoms with Crippen LogP contribution < -0.4 is 20.5 Å². The van der Waals surface area contributed by atoms with Crippen LogP contribution in [0.4, 0.5) is 10.8 Å². The van der Waals surface area contributed by atoms with Crippen molar-refractivity contribution in [3.05, 3.63) is 45.5 Å². The number of anilines is 2. The van der Waals surface area contributed by atoms with Crippen LogP contribution in [0.1, 0.15) is 34.5 Å². The summed E-state index contributed by atoms with van der Waals surface area (Å²) in [6, 6.07) is 3.75. The molecule has 0 atom stereocenters. The van der Waals surface area contributed by atoms with Gasteiger partial charge in [-0.2, -0.15) is 0 Å². The fourth-order valence-electron chi connectivity index (χ4n) is 4.26. The summed E-state index contributed by atoms with van der Waals surface area (Å²) in [7, 11) is 1.56. The van der Waals surface area contributed by atoms with Gasteiger partial charge in [-0.1, -0.05) is 23.1 Å². The molecule has 1 aliphatic carbocycles. The van der Waals surface area contributed by atoms with Gasteiger partial charge < -0.3 is 25.0 Å². The number of carbonyl (C=O) groups excluding carboxylic acids is 2. The Morgan fingerprint density at radius 3 is 2.56 bits per heavy atom. The molecule has 1 aromatic carbocycles. The van der Waals surface area contributed by atoms with E-state index in [1.54, 1.807) is 18.2 Å². The minimum absolute atomic E-state index is 0.0331. The van der Waals surface area contributed by atoms with Gasteiger partial charge in [-0.25, -0.2) is 4.98 Å². The highest BCUT2D eigenvalue weighted by Gasteiger charge is 2.30. The fraction of sp³-hybridized carbons (Fsp3) is 0.417. The number of nitrogens with zero attached hydrogens (tertiary/aromatic N) is 3. The lowest BCUT2D eigenvalue weighted by Crippen LogP contribution is -2.49. The van der Waals surface area contributed by atoms with Crippen molar-refractivity contribution in [1.82, 2.24) is 20.1 Å². The molecule has 1 aliphatic heterocycles. The second kappa shape index (κ2) is 10.0. The number of piperazine rings is 1. The smallest absolute Gasteiger partial charge is 0.287 e. The van der Waals surface area contributed by atoms with Gasteiger partial charge in [0.1, 0.15) is 11.4 Å². The van der Waals surface area contributed by atoms with Crippen LogP contribution in [-0.4, -0.2) is 65.2 Å². The molecule has 2 aromatic heterocycles. The van der Waals surface area contributed by atoms with Gasteiger partial charge in [0.15, 0.2) is 5.13 Å². The number of rotatable bonds is 7. The molecule has 0 radical (unpaired) electrons. The summed E-state index contributed by atoms with van der Waals surface area (Å²) >= 11 is 2.93. The van der Waals surface area contributed by atoms with Crippen molar-refractivity contribution < 1.29 is 14.3 Å². The molecule has 36 heavy (non-hydrogen) atoms. The molecule has 12 heteroatoms. The van der Waals surface area contributed by atoms with Gasteiger partial charge in [0.2, 0.25) is 5.91 Å². The van der Waals surface area contributed by atoms with E-state index in [9.17, 15) is 14.4 Å². The average Bonchev–Trinajstić information content (AvgIpc) is 3.56. The summed E-state index contributed by atoms with van der Waals surface area (Å²) in [6.45, 7) is 5.97. The highest BCUT2D eigenvalue weighted by atomic mass is 32.2. The third kappa shape index (κ3) is 5.00. The molecule has 10 nitrogen and oxygen atoms in total. The maximum atomic E-state index is 13.5. The molecule has 1 saturated heterocycles. The number of aromatic nitrogens is 3. The Bertz CT molecular complexity index is 1350. The van der Waals surface area contributed by atoms with Crippen molar-refractivity contribution in [2.45, 2.75) is 35.8 Å². The fourth-order valence-corrected chi connectivity index (χ4v) is 6.20. The summed E-state index contributed by atoms with van der Waals surface area (Å²) in [5.41, 5.74) is 2.76. The van der Waals surface area contributed by atoms with Crippen molar-refractivity contribution in [1.29, 1.82) is 0 Å². The number of H-pyrrole nitrogens is 2. The minimum atomic E-state index is -0.146. The number of carbonyl (C=O) groups is 2. The van der Waals surface area contributed by atoms with Crippen LogP contribution in [0.3, 0.4) is 0 Å². The highest BCUT2D eigenvalue weighted by Crippen LogP contribution is 2.39. The van der Waals surface area contributed by atoms with E-state index in [0.29, 0.717) is 48.3 Å². The molecule has 2 aliphatic rings. The molecule has 3 N–H and O–H groups in total. The normalized spacial score (nSPS) is 15.8. The lowest BCUT2D eigenvalue weighted by Gasteiger charge is -2.35. The SMILES string of the molecule is COc1cc(C)c(Sc2cnc(NC(=O)C3CC3)s2)cc1C(=O)N1CCN(c2c(C)[nH][nH]c2=O)CC1. The first kappa shape index (κ1) is 24.4. The van der Waals surface area contributed by atoms with Gasteiger partial charge in [0.25, 0.3) is 11.5 Å². The van der Waals surface area contributed by atoms with E-state index in [1.807, 2.05) is 30.9 Å². The highest BCUT2D eigenvalue weighted by molar-refractivity contribution is 8.01. The molecule has 0 spiro atoms. The van der Waals surface area contributed by atoms with Gasteiger partial charge in [0.05, 0.1) is 28.8 Å². The van der Waals surface area contributed by atoms with E-state index >= 15 is 0 Å². The van der Waals surface area contributed by atoms with Gasteiger partial charge >= 0.3 is 0 Å². The Labute approximate surface area is 216 Å². The summed E-state index contributed by atoms with van der Waals surface area (Å²) in [4.78, 5) is 46.7. The Hall–Kier alpha value is -3.25. The molecule has 0 unspecified atom stereocenters. The van der Waals surface area contributed by atoms with Crippen LogP contribution in [-0.2, 0) is 4.79 Å². The average molecular weight is 529 g/mol. The number of hydrogen-bond donors (Lipinski definition) is 3. The van der Waals surface area contributed by atoms with Gasteiger partial charge in [-0.05, 0) is 44.4 Å². The molecule has 1 saturated carbocycles. The van der Waals surface area contributed by atoms with Gasteiger partial charge in [-0.15, -0.1) is 0 Å². The van der Waals surface area contributed by atoms with Crippen LogP contribution >= 0.6 is 23.1 Å². The minimum Gasteiger partial charge on any atom is -0.496 e. The molecule has 3 heterocycles. The second-order valence-electron chi connectivity index (χ2n) is 9.00. The number of hydrogen-bond acceptors (Lipinski definition) is 8. The first-order chi connectivity index (χ1) is 17.3. The first-order valence-electron chi connectivity index (χ1n) is 11.8. The second-order valence-corrected chi connectivity index (χ2v) is 11.4. The maximum Gasteiger partial charge on any atom is 0.287 e. The maximum absolute atomic E-state index is 13.5. The van der Waals surface area contributed by atoms with Crippen molar-refractivity contribution in [2.75, 3.05) is 43.5 Å². The Morgan fingerprint density at radius 1 is 1.17 bits per heavy atom. The number of thiazole rings is 1. The predicted octanol–water partition coefficient (Wildman–Crippen LogP) is 3.25. The number of methoxy groups -OCH3 is 1. The topological polar surface area (TPSA) is 123 Å². The summed E-state index contributed by atoms with van der Waals surface area (Å²) in [5.74, 6) is 0.585. The number of benzene rings is 1. The van der Waals surface area contributed by atoms with Crippen molar-refractivity contribution in [2.24, 2.45) is 5.92 Å². The van der Waals surface area contributed by atoms with Crippen LogP contribution in [0.15, 0.2) is 32.2 Å². The molecule has 2 fully saturated rings. The Kier molecular flexibility index (Phi) is 6.80. The molecule has 190 valence electrons. The van der Waals surface area contributed by atoms with Gasteiger partial charge in [0, 0.05) is 37.0 Å². The van der Waals surface area contributed by atoms with Crippen molar-refractivity contribution in [3.8, 4) is 5.75 Å². The predicted molar refractivity (Wildman–Crippen MR) is 140 cm³/mol. The lowest BCUT2D eigenvalue weighted by molar-refractivity contribution is -0.117. The van der Waals surface area contributed by atoms with Crippen molar-refractivity contribution >= 4 is 45.7 Å². The van der Waals surface area contributed by atoms with Crippen LogP contribution in [0.25, 0.3) is 0 Å². The zero-order valence-corrected chi connectivity index (χ0v) is 22.0. The standard InChI is InChI=1S/C24H28N6O4S2/c1-13-10-17(34-3)16(11-18(13)35-19-12-25-24(36-19)26-21(31)15-4-5-15)23(33)30-8-6-29(7-9-30)20-14(2)27-28-22(20)32/h10-12,15H,4-9H2,1-3H3,(H,25,26,31)(H2,27,28,32). The van der Waals surface area contributed by atoms with E-state index < -0.39 is 0 Å². The van der Waals surface area contributed by atoms with E-state index in [-0.39, 0.29) is 23.3 Å². The van der Waals surface area contributed by atoms with Crippen LogP contribution in [0.5, 0.6) is 5.75 Å². The number of aromatic amines is 2. The molecule has 5 rings (SSSR count). The van der Waals surface area contributed by atoms with E-state index in [0.717, 1.165) is 33.2 Å². The number of aryl methyl sites for hydroxylation is 2. The Morgan fingerprint density at radius 2 is 1.92 bits per heavy atom. The summed E-state index contributed by atoms with van der Waals surface area (Å²) in [6.07, 6.45) is 3.63. The van der Waals surface area contributed by atoms with E-state index in [2.05, 4.69) is 20.5 Å². The van der Waals surface area contributed by atoms with Crippen LogP contribution in [0, 0.1) is 19.8 Å². The molecule has 0 bridgehead atoms. The van der Waals surface area contributed by atoms with E-state index in [4.69, 9.17) is 4.74 Å². The summed E-state index contributed by atoms with van der Waals surface area (Å²) < 4.78 is 6.48. The third-order valence-electron chi connectivity index (χ3n) is 6.42. The zero-order chi connectivity index (χ0) is 25.4. The third-order valence-corrected chi connectivity index (χ3v) is 8.59. The number of ether oxygens (including phenoxy) is 1. The van der Waals surface area contributed by atoms with Crippen LogP contribution in [0.2, 0.25) is 0 Å². The largest absolute Gasteiger partial charge is 0.496 e. The van der Waals surface area contributed by atoms with Gasteiger partial charge in [-0.3, -0.25) is 19.5 Å². The number of nitrogens with one attached hydrogen (secondary N) is 3. The lowest BCUT2D eigenvalue weighted by atomic mass is 10.1. The summed E-state index contributed by atoms with van der Waals surface area (Å²) in [5, 5.41) is 8.94. The molecule has 3 aromatic rings. The monoisotopic (exact) mass is 528 g/mol. The van der Waals surface area contributed by atoms with E-state index in [1.165, 1.54) is 23.1 Å².